The Morgan fingerprint density at radius 2 is 1.65 bits per heavy atom. The molecule has 2 aromatic carbocycles. The highest BCUT2D eigenvalue weighted by Crippen LogP contribution is 2.20. The van der Waals surface area contributed by atoms with Crippen molar-refractivity contribution in [2.45, 2.75) is 6.10 Å². The number of nitrogens with zero attached hydrogens (tertiary/aromatic N) is 2. The average Bonchev–Trinajstić information content (AvgIpc) is 2.64. The van der Waals surface area contributed by atoms with Gasteiger partial charge in [0.2, 0.25) is 0 Å². The fraction of sp³-hybridized carbons (Fsp3) is 0.368. The van der Waals surface area contributed by atoms with E-state index in [0.29, 0.717) is 31.1 Å². The van der Waals surface area contributed by atoms with Gasteiger partial charge in [-0.3, -0.25) is 4.90 Å². The van der Waals surface area contributed by atoms with Crippen molar-refractivity contribution in [1.29, 1.82) is 0 Å². The Balaban J connectivity index is 1.43. The van der Waals surface area contributed by atoms with Crippen molar-refractivity contribution >= 4 is 5.69 Å². The zero-order chi connectivity index (χ0) is 18.5. The number of piperazine rings is 1. The number of aliphatic hydroxyl groups excluding tert-OH is 1. The SMILES string of the molecule is Oc1ccc(OCC(O)CN2CCN(c3ccc(F)c(F)c3)CC2)cc1. The molecule has 5 nitrogen and oxygen atoms in total. The van der Waals surface area contributed by atoms with E-state index in [0.717, 1.165) is 19.2 Å². The lowest BCUT2D eigenvalue weighted by atomic mass is 10.2. The van der Waals surface area contributed by atoms with Crippen LogP contribution in [0.15, 0.2) is 42.5 Å². The second-order valence-corrected chi connectivity index (χ2v) is 6.34. The Hall–Kier alpha value is -2.38. The van der Waals surface area contributed by atoms with E-state index in [2.05, 4.69) is 4.90 Å². The quantitative estimate of drug-likeness (QED) is 0.823. The number of phenolic OH excluding ortho intramolecular Hbond substituents is 1. The zero-order valence-electron chi connectivity index (χ0n) is 14.3. The van der Waals surface area contributed by atoms with Gasteiger partial charge in [-0.05, 0) is 36.4 Å². The Bertz CT molecular complexity index is 719. The molecular weight excluding hydrogens is 342 g/mol. The maximum Gasteiger partial charge on any atom is 0.160 e. The van der Waals surface area contributed by atoms with E-state index >= 15 is 0 Å². The van der Waals surface area contributed by atoms with Crippen LogP contribution in [0, 0.1) is 11.6 Å². The summed E-state index contributed by atoms with van der Waals surface area (Å²) >= 11 is 0. The number of rotatable bonds is 6. The maximum atomic E-state index is 13.4. The first-order valence-electron chi connectivity index (χ1n) is 8.53. The number of hydrogen-bond donors (Lipinski definition) is 2. The Labute approximate surface area is 151 Å². The number of benzene rings is 2. The van der Waals surface area contributed by atoms with Crippen LogP contribution in [-0.2, 0) is 0 Å². The molecular formula is C19H22F2N2O3. The fourth-order valence-corrected chi connectivity index (χ4v) is 2.96. The minimum absolute atomic E-state index is 0.161. The molecule has 2 aromatic rings. The molecule has 140 valence electrons. The normalized spacial score (nSPS) is 16.5. The molecule has 0 bridgehead atoms. The first-order valence-corrected chi connectivity index (χ1v) is 8.53. The minimum atomic E-state index is -0.843. The van der Waals surface area contributed by atoms with Gasteiger partial charge in [0.1, 0.15) is 24.2 Å². The third-order valence-corrected chi connectivity index (χ3v) is 4.39. The number of aliphatic hydroxyl groups is 1. The smallest absolute Gasteiger partial charge is 0.160 e. The monoisotopic (exact) mass is 364 g/mol. The Morgan fingerprint density at radius 3 is 2.31 bits per heavy atom. The third kappa shape index (κ3) is 4.83. The molecule has 26 heavy (non-hydrogen) atoms. The van der Waals surface area contributed by atoms with E-state index < -0.39 is 17.7 Å². The standard InChI is InChI=1S/C19H22F2N2O3/c20-18-6-1-14(11-19(18)21)23-9-7-22(8-10-23)12-16(25)13-26-17-4-2-15(24)3-5-17/h1-6,11,16,24-25H,7-10,12-13H2. The largest absolute Gasteiger partial charge is 0.508 e. The van der Waals surface area contributed by atoms with Crippen LogP contribution in [0.3, 0.4) is 0 Å². The maximum absolute atomic E-state index is 13.4. The van der Waals surface area contributed by atoms with E-state index in [9.17, 15) is 19.0 Å². The summed E-state index contributed by atoms with van der Waals surface area (Å²) in [7, 11) is 0. The summed E-state index contributed by atoms with van der Waals surface area (Å²) < 4.78 is 31.9. The van der Waals surface area contributed by atoms with Crippen molar-refractivity contribution in [2.24, 2.45) is 0 Å². The van der Waals surface area contributed by atoms with Gasteiger partial charge in [-0.1, -0.05) is 0 Å². The fourth-order valence-electron chi connectivity index (χ4n) is 2.96. The molecule has 0 aromatic heterocycles. The van der Waals surface area contributed by atoms with E-state index in [1.54, 1.807) is 18.2 Å². The lowest BCUT2D eigenvalue weighted by molar-refractivity contribution is 0.0663. The van der Waals surface area contributed by atoms with Gasteiger partial charge in [0.25, 0.3) is 0 Å². The third-order valence-electron chi connectivity index (χ3n) is 4.39. The molecule has 2 N–H and O–H groups in total. The Kier molecular flexibility index (Phi) is 5.90. The van der Waals surface area contributed by atoms with Gasteiger partial charge in [0, 0.05) is 44.5 Å². The number of halogens is 2. The van der Waals surface area contributed by atoms with Crippen LogP contribution in [-0.4, -0.2) is 60.5 Å². The number of aromatic hydroxyl groups is 1. The molecule has 1 saturated heterocycles. The number of ether oxygens (including phenoxy) is 1. The van der Waals surface area contributed by atoms with E-state index in [-0.39, 0.29) is 12.4 Å². The van der Waals surface area contributed by atoms with Crippen LogP contribution in [0.2, 0.25) is 0 Å². The number of anilines is 1. The van der Waals surface area contributed by atoms with Crippen LogP contribution >= 0.6 is 0 Å². The molecule has 1 heterocycles. The molecule has 0 radical (unpaired) electrons. The van der Waals surface area contributed by atoms with Crippen LogP contribution in [0.1, 0.15) is 0 Å². The molecule has 0 saturated carbocycles. The van der Waals surface area contributed by atoms with Crippen LogP contribution in [0.4, 0.5) is 14.5 Å². The van der Waals surface area contributed by atoms with Gasteiger partial charge < -0.3 is 19.8 Å². The number of phenols is 1. The first kappa shape index (κ1) is 18.4. The van der Waals surface area contributed by atoms with Crippen molar-refractivity contribution in [1.82, 2.24) is 4.90 Å². The van der Waals surface area contributed by atoms with Gasteiger partial charge in [-0.2, -0.15) is 0 Å². The van der Waals surface area contributed by atoms with Crippen molar-refractivity contribution in [3.63, 3.8) is 0 Å². The van der Waals surface area contributed by atoms with Crippen molar-refractivity contribution < 1.29 is 23.7 Å². The number of hydrogen-bond acceptors (Lipinski definition) is 5. The predicted octanol–water partition coefficient (Wildman–Crippen LogP) is 2.23. The van der Waals surface area contributed by atoms with E-state index in [1.807, 2.05) is 4.90 Å². The molecule has 0 spiro atoms. The molecule has 1 unspecified atom stereocenters. The van der Waals surface area contributed by atoms with Crippen LogP contribution in [0.5, 0.6) is 11.5 Å². The minimum Gasteiger partial charge on any atom is -0.508 e. The van der Waals surface area contributed by atoms with Gasteiger partial charge in [-0.25, -0.2) is 8.78 Å². The van der Waals surface area contributed by atoms with Gasteiger partial charge in [0.15, 0.2) is 11.6 Å². The summed E-state index contributed by atoms with van der Waals surface area (Å²) in [5.41, 5.74) is 0.666. The van der Waals surface area contributed by atoms with Gasteiger partial charge >= 0.3 is 0 Å². The highest BCUT2D eigenvalue weighted by Gasteiger charge is 2.20. The number of β-amino-alcohol motifs (C(OH)–C–C–N with tert-alkyl or cyclic N) is 1. The Morgan fingerprint density at radius 1 is 0.962 bits per heavy atom. The highest BCUT2D eigenvalue weighted by molar-refractivity contribution is 5.47. The zero-order valence-corrected chi connectivity index (χ0v) is 14.3. The molecule has 0 aliphatic carbocycles. The van der Waals surface area contributed by atoms with E-state index in [1.165, 1.54) is 18.2 Å². The van der Waals surface area contributed by atoms with Crippen LogP contribution in [0.25, 0.3) is 0 Å². The average molecular weight is 364 g/mol. The summed E-state index contributed by atoms with van der Waals surface area (Å²) in [5, 5.41) is 19.4. The molecule has 1 fully saturated rings. The second kappa shape index (κ2) is 8.33. The molecule has 3 rings (SSSR count). The highest BCUT2D eigenvalue weighted by atomic mass is 19.2. The topological polar surface area (TPSA) is 56.2 Å². The lowest BCUT2D eigenvalue weighted by Gasteiger charge is -2.36. The molecule has 7 heteroatoms. The van der Waals surface area contributed by atoms with Gasteiger partial charge in [0.05, 0.1) is 0 Å². The summed E-state index contributed by atoms with van der Waals surface area (Å²) in [5.74, 6) is -0.933. The molecule has 0 amide bonds. The van der Waals surface area contributed by atoms with Crippen molar-refractivity contribution in [3.8, 4) is 11.5 Å². The predicted molar refractivity (Wildman–Crippen MR) is 94.6 cm³/mol. The summed E-state index contributed by atoms with van der Waals surface area (Å²) in [6.07, 6.45) is -0.640. The molecule has 1 aliphatic rings. The van der Waals surface area contributed by atoms with Crippen molar-refractivity contribution in [3.05, 3.63) is 54.1 Å². The summed E-state index contributed by atoms with van der Waals surface area (Å²) in [4.78, 5) is 4.11. The first-order chi connectivity index (χ1) is 12.5. The summed E-state index contributed by atoms with van der Waals surface area (Å²) in [6.45, 7) is 3.43. The molecule has 1 atom stereocenters. The van der Waals surface area contributed by atoms with Crippen molar-refractivity contribution in [2.75, 3.05) is 44.2 Å². The van der Waals surface area contributed by atoms with Crippen LogP contribution < -0.4 is 9.64 Å². The van der Waals surface area contributed by atoms with E-state index in [4.69, 9.17) is 4.74 Å². The lowest BCUT2D eigenvalue weighted by Crippen LogP contribution is -2.49. The second-order valence-electron chi connectivity index (χ2n) is 6.34. The molecule has 1 aliphatic heterocycles. The summed E-state index contributed by atoms with van der Waals surface area (Å²) in [6, 6.07) is 10.3. The van der Waals surface area contributed by atoms with Gasteiger partial charge in [-0.15, -0.1) is 0 Å².